The summed E-state index contributed by atoms with van der Waals surface area (Å²) in [5, 5.41) is 14.2. The summed E-state index contributed by atoms with van der Waals surface area (Å²) in [6, 6.07) is 6.42. The number of carboxylic acids is 1. The molecule has 1 unspecified atom stereocenters. The Morgan fingerprint density at radius 3 is 2.83 bits per heavy atom. The second-order valence-electron chi connectivity index (χ2n) is 5.88. The maximum atomic E-state index is 12.8. The molecular formula is C17H18ClN3O3. The van der Waals surface area contributed by atoms with Gasteiger partial charge in [0, 0.05) is 11.6 Å². The van der Waals surface area contributed by atoms with E-state index in [9.17, 15) is 14.7 Å². The maximum absolute atomic E-state index is 12.8. The highest BCUT2D eigenvalue weighted by atomic mass is 35.5. The Morgan fingerprint density at radius 2 is 2.12 bits per heavy atom. The maximum Gasteiger partial charge on any atom is 0.326 e. The predicted octanol–water partition coefficient (Wildman–Crippen LogP) is 2.91. The van der Waals surface area contributed by atoms with Crippen LogP contribution in [-0.2, 0) is 4.79 Å². The van der Waals surface area contributed by atoms with Crippen molar-refractivity contribution < 1.29 is 14.7 Å². The number of carbonyl (C=O) groups is 2. The Bertz CT molecular complexity index is 787. The summed E-state index contributed by atoms with van der Waals surface area (Å²) in [7, 11) is 0. The number of hydrogen-bond acceptors (Lipinski definition) is 3. The molecule has 7 heteroatoms. The van der Waals surface area contributed by atoms with Crippen molar-refractivity contribution >= 4 is 23.5 Å². The van der Waals surface area contributed by atoms with Crippen LogP contribution in [0, 0.1) is 6.92 Å². The van der Waals surface area contributed by atoms with E-state index in [0.717, 1.165) is 18.5 Å². The van der Waals surface area contributed by atoms with E-state index in [4.69, 9.17) is 11.6 Å². The summed E-state index contributed by atoms with van der Waals surface area (Å²) in [6.45, 7) is 2.25. The summed E-state index contributed by atoms with van der Waals surface area (Å²) in [5.74, 6) is -1.24. The van der Waals surface area contributed by atoms with Crippen LogP contribution in [-0.4, -0.2) is 44.3 Å². The van der Waals surface area contributed by atoms with Crippen molar-refractivity contribution in [2.24, 2.45) is 0 Å². The van der Waals surface area contributed by atoms with E-state index >= 15 is 0 Å². The lowest BCUT2D eigenvalue weighted by molar-refractivity contribution is -0.143. The molecule has 24 heavy (non-hydrogen) atoms. The standard InChI is InChI=1S/C17H18ClN3O3/c1-11-14(10-19-21(11)13-6-4-5-12(18)9-13)16(22)20-8-3-2-7-15(20)17(23)24/h4-6,9-10,15H,2-3,7-8H2,1H3,(H,23,24). The van der Waals surface area contributed by atoms with E-state index in [1.54, 1.807) is 23.7 Å². The van der Waals surface area contributed by atoms with Crippen LogP contribution in [0.1, 0.15) is 35.3 Å². The number of nitrogens with zero attached hydrogens (tertiary/aromatic N) is 3. The van der Waals surface area contributed by atoms with Gasteiger partial charge in [-0.2, -0.15) is 5.10 Å². The molecule has 0 bridgehead atoms. The first kappa shape index (κ1) is 16.5. The minimum atomic E-state index is -0.956. The van der Waals surface area contributed by atoms with Crippen LogP contribution in [0.2, 0.25) is 5.02 Å². The number of aliphatic carboxylic acids is 1. The molecule has 6 nitrogen and oxygen atoms in total. The minimum absolute atomic E-state index is 0.284. The molecule has 2 aromatic rings. The van der Waals surface area contributed by atoms with Gasteiger partial charge in [0.05, 0.1) is 23.1 Å². The van der Waals surface area contributed by atoms with Crippen LogP contribution in [0.4, 0.5) is 0 Å². The van der Waals surface area contributed by atoms with Gasteiger partial charge in [-0.3, -0.25) is 4.79 Å². The number of halogens is 1. The lowest BCUT2D eigenvalue weighted by atomic mass is 10.0. The molecule has 0 aliphatic carbocycles. The van der Waals surface area contributed by atoms with Crippen LogP contribution >= 0.6 is 11.6 Å². The number of carboxylic acid groups (broad SMARTS) is 1. The van der Waals surface area contributed by atoms with E-state index in [1.165, 1.54) is 11.1 Å². The fraction of sp³-hybridized carbons (Fsp3) is 0.353. The van der Waals surface area contributed by atoms with E-state index < -0.39 is 12.0 Å². The van der Waals surface area contributed by atoms with Gasteiger partial charge in [-0.15, -0.1) is 0 Å². The van der Waals surface area contributed by atoms with E-state index in [-0.39, 0.29) is 5.91 Å². The van der Waals surface area contributed by atoms with Crippen LogP contribution in [0.15, 0.2) is 30.5 Å². The summed E-state index contributed by atoms with van der Waals surface area (Å²) < 4.78 is 1.64. The fourth-order valence-corrected chi connectivity index (χ4v) is 3.26. The number of rotatable bonds is 3. The number of hydrogen-bond donors (Lipinski definition) is 1. The van der Waals surface area contributed by atoms with E-state index in [1.807, 2.05) is 12.1 Å². The average Bonchev–Trinajstić information content (AvgIpc) is 2.95. The molecule has 1 amide bonds. The molecule has 0 spiro atoms. The van der Waals surface area contributed by atoms with Crippen LogP contribution in [0.3, 0.4) is 0 Å². The Kier molecular flexibility index (Phi) is 4.57. The lowest BCUT2D eigenvalue weighted by Gasteiger charge is -2.32. The average molecular weight is 348 g/mol. The van der Waals surface area contributed by atoms with Crippen molar-refractivity contribution in [3.05, 3.63) is 46.7 Å². The molecule has 0 radical (unpaired) electrons. The number of benzene rings is 1. The zero-order valence-corrected chi connectivity index (χ0v) is 14.0. The monoisotopic (exact) mass is 347 g/mol. The Hall–Kier alpha value is -2.34. The largest absolute Gasteiger partial charge is 0.480 e. The highest BCUT2D eigenvalue weighted by molar-refractivity contribution is 6.30. The molecule has 126 valence electrons. The second-order valence-corrected chi connectivity index (χ2v) is 6.32. The minimum Gasteiger partial charge on any atom is -0.480 e. The zero-order chi connectivity index (χ0) is 17.3. The van der Waals surface area contributed by atoms with Gasteiger partial charge >= 0.3 is 5.97 Å². The van der Waals surface area contributed by atoms with Crippen molar-refractivity contribution in [2.75, 3.05) is 6.54 Å². The van der Waals surface area contributed by atoms with Crippen molar-refractivity contribution in [1.29, 1.82) is 0 Å². The molecule has 1 fully saturated rings. The van der Waals surface area contributed by atoms with Gasteiger partial charge in [-0.25, -0.2) is 9.48 Å². The van der Waals surface area contributed by atoms with Crippen molar-refractivity contribution in [3.8, 4) is 5.69 Å². The highest BCUT2D eigenvalue weighted by Gasteiger charge is 2.33. The quantitative estimate of drug-likeness (QED) is 0.926. The molecule has 3 rings (SSSR count). The SMILES string of the molecule is Cc1c(C(=O)N2CCCCC2C(=O)O)cnn1-c1cccc(Cl)c1. The molecule has 1 aromatic carbocycles. The van der Waals surface area contributed by atoms with Crippen LogP contribution in [0.5, 0.6) is 0 Å². The van der Waals surface area contributed by atoms with Crippen molar-refractivity contribution in [3.63, 3.8) is 0 Å². The summed E-state index contributed by atoms with van der Waals surface area (Å²) >= 11 is 6.01. The number of piperidine rings is 1. The smallest absolute Gasteiger partial charge is 0.326 e. The Morgan fingerprint density at radius 1 is 1.33 bits per heavy atom. The van der Waals surface area contributed by atoms with E-state index in [2.05, 4.69) is 5.10 Å². The molecule has 1 aliphatic heterocycles. The first-order chi connectivity index (χ1) is 11.5. The number of aromatic nitrogens is 2. The molecule has 1 saturated heterocycles. The summed E-state index contributed by atoms with van der Waals surface area (Å²) in [5.41, 5.74) is 1.84. The zero-order valence-electron chi connectivity index (χ0n) is 13.3. The van der Waals surface area contributed by atoms with Gasteiger partial charge in [-0.05, 0) is 44.4 Å². The van der Waals surface area contributed by atoms with E-state index in [0.29, 0.717) is 29.2 Å². The predicted molar refractivity (Wildman–Crippen MR) is 89.6 cm³/mol. The normalized spacial score (nSPS) is 17.8. The third-order valence-corrected chi connectivity index (χ3v) is 4.58. The summed E-state index contributed by atoms with van der Waals surface area (Å²) in [6.07, 6.45) is 3.62. The van der Waals surface area contributed by atoms with Gasteiger partial charge in [0.25, 0.3) is 5.91 Å². The van der Waals surface area contributed by atoms with Gasteiger partial charge in [0.1, 0.15) is 6.04 Å². The number of likely N-dealkylation sites (tertiary alicyclic amines) is 1. The van der Waals surface area contributed by atoms with Gasteiger partial charge < -0.3 is 10.0 Å². The first-order valence-corrected chi connectivity index (χ1v) is 8.21. The molecule has 1 N–H and O–H groups in total. The van der Waals surface area contributed by atoms with Crippen LogP contribution in [0.25, 0.3) is 5.69 Å². The van der Waals surface area contributed by atoms with Gasteiger partial charge in [0.15, 0.2) is 0 Å². The molecule has 1 atom stereocenters. The fourth-order valence-electron chi connectivity index (χ4n) is 3.07. The van der Waals surface area contributed by atoms with Crippen LogP contribution < -0.4 is 0 Å². The Balaban J connectivity index is 1.92. The number of carbonyl (C=O) groups excluding carboxylic acids is 1. The van der Waals surface area contributed by atoms with Crippen molar-refractivity contribution in [1.82, 2.24) is 14.7 Å². The topological polar surface area (TPSA) is 75.4 Å². The molecule has 1 aromatic heterocycles. The lowest BCUT2D eigenvalue weighted by Crippen LogP contribution is -2.48. The third-order valence-electron chi connectivity index (χ3n) is 4.34. The molecular weight excluding hydrogens is 330 g/mol. The molecule has 1 aliphatic rings. The third kappa shape index (κ3) is 3.01. The summed E-state index contributed by atoms with van der Waals surface area (Å²) in [4.78, 5) is 25.7. The van der Waals surface area contributed by atoms with Gasteiger partial charge in [0.2, 0.25) is 0 Å². The molecule has 0 saturated carbocycles. The van der Waals surface area contributed by atoms with Gasteiger partial charge in [-0.1, -0.05) is 17.7 Å². The number of amides is 1. The highest BCUT2D eigenvalue weighted by Crippen LogP contribution is 2.23. The Labute approximate surface area is 144 Å². The first-order valence-electron chi connectivity index (χ1n) is 7.83. The van der Waals surface area contributed by atoms with Crippen molar-refractivity contribution in [2.45, 2.75) is 32.2 Å². The second kappa shape index (κ2) is 6.65. The molecule has 2 heterocycles.